The zero-order chi connectivity index (χ0) is 20.2. The molecule has 3 aromatic rings. The molecule has 0 saturated carbocycles. The number of allylic oxidation sites excluding steroid dienone is 1. The normalized spacial score (nSPS) is 15.6. The lowest BCUT2D eigenvalue weighted by molar-refractivity contribution is -0.113. The monoisotopic (exact) mass is 390 g/mol. The van der Waals surface area contributed by atoms with Crippen molar-refractivity contribution in [1.82, 2.24) is 19.7 Å². The van der Waals surface area contributed by atoms with E-state index in [4.69, 9.17) is 5.11 Å². The first-order chi connectivity index (χ1) is 14.2. The number of fused-ring (bicyclic) bond motifs is 1. The number of nitrogens with one attached hydrogen (secondary N) is 2. The Hall–Kier alpha value is -3.52. The third-order valence-electron chi connectivity index (χ3n) is 4.73. The number of carbonyl (C=O) groups is 1. The maximum absolute atomic E-state index is 13.2. The van der Waals surface area contributed by atoms with Gasteiger partial charge in [0.1, 0.15) is 6.04 Å². The van der Waals surface area contributed by atoms with Crippen molar-refractivity contribution in [2.45, 2.75) is 25.8 Å². The number of hydrogen-bond acceptors (Lipinski definition) is 6. The number of aryl methyl sites for hydroxylation is 1. The van der Waals surface area contributed by atoms with Gasteiger partial charge in [-0.25, -0.2) is 4.68 Å². The van der Waals surface area contributed by atoms with Crippen LogP contribution in [-0.4, -0.2) is 37.4 Å². The SMILES string of the molecule is CC1=C(C(=O)Nc2cccnc2)[C@@H](c2ccccc2)n2nc(CCCO)nc2N1. The van der Waals surface area contributed by atoms with Crippen LogP contribution >= 0.6 is 0 Å². The molecular weight excluding hydrogens is 368 g/mol. The maximum atomic E-state index is 13.2. The molecule has 0 saturated heterocycles. The van der Waals surface area contributed by atoms with Crippen molar-refractivity contribution in [1.29, 1.82) is 0 Å². The molecule has 0 radical (unpaired) electrons. The van der Waals surface area contributed by atoms with Crippen LogP contribution < -0.4 is 10.6 Å². The lowest BCUT2D eigenvalue weighted by Crippen LogP contribution is -2.31. The first-order valence-corrected chi connectivity index (χ1v) is 9.47. The Morgan fingerprint density at radius 1 is 1.24 bits per heavy atom. The van der Waals surface area contributed by atoms with E-state index in [0.717, 1.165) is 5.56 Å². The molecule has 1 amide bonds. The van der Waals surface area contributed by atoms with Gasteiger partial charge in [-0.05, 0) is 31.0 Å². The van der Waals surface area contributed by atoms with Crippen LogP contribution in [0.15, 0.2) is 66.1 Å². The van der Waals surface area contributed by atoms with Crippen LogP contribution in [-0.2, 0) is 11.2 Å². The molecular formula is C21H22N6O2. The predicted octanol–water partition coefficient (Wildman–Crippen LogP) is 2.53. The second kappa shape index (κ2) is 8.24. The van der Waals surface area contributed by atoms with E-state index in [9.17, 15) is 4.79 Å². The number of hydrogen-bond donors (Lipinski definition) is 3. The zero-order valence-electron chi connectivity index (χ0n) is 16.0. The molecule has 0 spiro atoms. The Balaban J connectivity index is 1.74. The van der Waals surface area contributed by atoms with Gasteiger partial charge in [-0.3, -0.25) is 9.78 Å². The smallest absolute Gasteiger partial charge is 0.255 e. The topological polar surface area (TPSA) is 105 Å². The van der Waals surface area contributed by atoms with Gasteiger partial charge < -0.3 is 15.7 Å². The van der Waals surface area contributed by atoms with Gasteiger partial charge in [-0.2, -0.15) is 10.1 Å². The molecule has 1 aliphatic rings. The van der Waals surface area contributed by atoms with Crippen LogP contribution in [0.4, 0.5) is 11.6 Å². The van der Waals surface area contributed by atoms with Gasteiger partial charge in [0.15, 0.2) is 5.82 Å². The standard InChI is InChI=1S/C21H22N6O2/c1-14-18(20(29)24-16-9-5-11-22-13-16)19(15-7-3-2-4-8-15)27-21(23-14)25-17(26-27)10-6-12-28/h2-5,7-9,11,13,19,28H,6,10,12H2,1H3,(H,24,29)(H,23,25,26)/t19-/m1/s1. The first-order valence-electron chi connectivity index (χ1n) is 9.47. The number of nitrogens with zero attached hydrogens (tertiary/aromatic N) is 4. The summed E-state index contributed by atoms with van der Waals surface area (Å²) in [5, 5.41) is 19.9. The van der Waals surface area contributed by atoms with Gasteiger partial charge in [-0.15, -0.1) is 0 Å². The predicted molar refractivity (Wildman–Crippen MR) is 109 cm³/mol. The average Bonchev–Trinajstić information content (AvgIpc) is 3.14. The molecule has 1 aromatic carbocycles. The Bertz CT molecular complexity index is 1030. The van der Waals surface area contributed by atoms with Crippen molar-refractivity contribution < 1.29 is 9.90 Å². The van der Waals surface area contributed by atoms with E-state index < -0.39 is 6.04 Å². The molecule has 8 nitrogen and oxygen atoms in total. The Labute approximate surface area is 168 Å². The number of aliphatic hydroxyl groups excluding tert-OH is 1. The van der Waals surface area contributed by atoms with E-state index >= 15 is 0 Å². The highest BCUT2D eigenvalue weighted by Crippen LogP contribution is 2.35. The Morgan fingerprint density at radius 3 is 2.79 bits per heavy atom. The minimum absolute atomic E-state index is 0.0788. The van der Waals surface area contributed by atoms with Crippen molar-refractivity contribution in [2.75, 3.05) is 17.2 Å². The van der Waals surface area contributed by atoms with Gasteiger partial charge in [0.25, 0.3) is 5.91 Å². The minimum atomic E-state index is -0.417. The van der Waals surface area contributed by atoms with E-state index in [-0.39, 0.29) is 12.5 Å². The molecule has 1 aliphatic heterocycles. The number of aliphatic hydroxyl groups is 1. The molecule has 3 N–H and O–H groups in total. The number of pyridine rings is 1. The lowest BCUT2D eigenvalue weighted by Gasteiger charge is -2.28. The first kappa shape index (κ1) is 18.8. The highest BCUT2D eigenvalue weighted by atomic mass is 16.3. The fourth-order valence-corrected chi connectivity index (χ4v) is 3.41. The number of benzene rings is 1. The summed E-state index contributed by atoms with van der Waals surface area (Å²) in [7, 11) is 0. The molecule has 4 rings (SSSR count). The van der Waals surface area contributed by atoms with Crippen molar-refractivity contribution in [2.24, 2.45) is 0 Å². The van der Waals surface area contributed by atoms with E-state index in [2.05, 4.69) is 25.7 Å². The minimum Gasteiger partial charge on any atom is -0.396 e. The van der Waals surface area contributed by atoms with Crippen LogP contribution in [0.1, 0.15) is 30.8 Å². The van der Waals surface area contributed by atoms with Crippen LogP contribution in [0, 0.1) is 0 Å². The summed E-state index contributed by atoms with van der Waals surface area (Å²) in [4.78, 5) is 21.8. The maximum Gasteiger partial charge on any atom is 0.255 e. The Morgan fingerprint density at radius 2 is 2.07 bits per heavy atom. The molecule has 3 heterocycles. The van der Waals surface area contributed by atoms with E-state index in [0.29, 0.717) is 41.6 Å². The van der Waals surface area contributed by atoms with Crippen molar-refractivity contribution in [3.63, 3.8) is 0 Å². The van der Waals surface area contributed by atoms with Gasteiger partial charge in [0, 0.05) is 24.9 Å². The van der Waals surface area contributed by atoms with Gasteiger partial charge in [0.05, 0.1) is 17.5 Å². The third-order valence-corrected chi connectivity index (χ3v) is 4.73. The van der Waals surface area contributed by atoms with Crippen LogP contribution in [0.2, 0.25) is 0 Å². The number of rotatable bonds is 6. The number of aromatic nitrogens is 4. The second-order valence-corrected chi connectivity index (χ2v) is 6.80. The molecule has 8 heteroatoms. The molecule has 2 aromatic heterocycles. The summed E-state index contributed by atoms with van der Waals surface area (Å²) in [6.45, 7) is 1.94. The molecule has 0 unspecified atom stereocenters. The fourth-order valence-electron chi connectivity index (χ4n) is 3.41. The summed E-state index contributed by atoms with van der Waals surface area (Å²) in [5.74, 6) is 0.987. The van der Waals surface area contributed by atoms with Gasteiger partial charge >= 0.3 is 0 Å². The molecule has 1 atom stereocenters. The summed E-state index contributed by atoms with van der Waals surface area (Å²) in [6, 6.07) is 12.9. The number of amides is 1. The van der Waals surface area contributed by atoms with Crippen molar-refractivity contribution >= 4 is 17.5 Å². The van der Waals surface area contributed by atoms with Crippen LogP contribution in [0.25, 0.3) is 0 Å². The van der Waals surface area contributed by atoms with Gasteiger partial charge in [-0.1, -0.05) is 30.3 Å². The number of carbonyl (C=O) groups excluding carboxylic acids is 1. The van der Waals surface area contributed by atoms with Crippen LogP contribution in [0.5, 0.6) is 0 Å². The van der Waals surface area contributed by atoms with Crippen molar-refractivity contribution in [3.8, 4) is 0 Å². The van der Waals surface area contributed by atoms with Crippen molar-refractivity contribution in [3.05, 3.63) is 77.5 Å². The quantitative estimate of drug-likeness (QED) is 0.597. The highest BCUT2D eigenvalue weighted by molar-refractivity contribution is 6.05. The molecule has 0 fully saturated rings. The van der Waals surface area contributed by atoms with E-state index in [1.54, 1.807) is 29.2 Å². The fraction of sp³-hybridized carbons (Fsp3) is 0.238. The summed E-state index contributed by atoms with van der Waals surface area (Å²) >= 11 is 0. The summed E-state index contributed by atoms with van der Waals surface area (Å²) in [6.07, 6.45) is 4.41. The molecule has 0 aliphatic carbocycles. The lowest BCUT2D eigenvalue weighted by atomic mass is 9.95. The molecule has 29 heavy (non-hydrogen) atoms. The van der Waals surface area contributed by atoms with Gasteiger partial charge in [0.2, 0.25) is 5.95 Å². The summed E-state index contributed by atoms with van der Waals surface area (Å²) < 4.78 is 1.74. The second-order valence-electron chi connectivity index (χ2n) is 6.80. The van der Waals surface area contributed by atoms with E-state index in [1.807, 2.05) is 37.3 Å². The molecule has 0 bridgehead atoms. The highest BCUT2D eigenvalue weighted by Gasteiger charge is 2.34. The largest absolute Gasteiger partial charge is 0.396 e. The number of anilines is 2. The zero-order valence-corrected chi connectivity index (χ0v) is 16.0. The average molecular weight is 390 g/mol. The van der Waals surface area contributed by atoms with E-state index in [1.165, 1.54) is 0 Å². The third kappa shape index (κ3) is 3.88. The van der Waals surface area contributed by atoms with Crippen LogP contribution in [0.3, 0.4) is 0 Å². The molecule has 148 valence electrons. The summed E-state index contributed by atoms with van der Waals surface area (Å²) in [5.41, 5.74) is 2.84. The Kier molecular flexibility index (Phi) is 5.35.